The molecule has 1 fully saturated rings. The molecule has 0 spiro atoms. The highest BCUT2D eigenvalue weighted by Crippen LogP contribution is 2.33. The van der Waals surface area contributed by atoms with E-state index in [1.165, 1.54) is 0 Å². The molecule has 0 bridgehead atoms. The number of hydrogen-bond donors (Lipinski definition) is 2. The van der Waals surface area contributed by atoms with Crippen LogP contribution in [-0.2, 0) is 4.79 Å². The van der Waals surface area contributed by atoms with Gasteiger partial charge in [0.2, 0.25) is 5.91 Å². The normalized spacial score (nSPS) is 13.9. The van der Waals surface area contributed by atoms with Gasteiger partial charge in [0, 0.05) is 23.7 Å². The van der Waals surface area contributed by atoms with Gasteiger partial charge in [-0.3, -0.25) is 14.8 Å². The van der Waals surface area contributed by atoms with Crippen molar-refractivity contribution < 1.29 is 4.79 Å². The van der Waals surface area contributed by atoms with Crippen LogP contribution in [-0.4, -0.2) is 20.9 Å². The van der Waals surface area contributed by atoms with Crippen LogP contribution in [0.15, 0.2) is 36.7 Å². The van der Waals surface area contributed by atoms with E-state index in [2.05, 4.69) is 20.3 Å². The lowest BCUT2D eigenvalue weighted by Crippen LogP contribution is -2.14. The summed E-state index contributed by atoms with van der Waals surface area (Å²) in [5.74, 6) is 0.480. The first kappa shape index (κ1) is 14.8. The third-order valence-corrected chi connectivity index (χ3v) is 4.16. The Labute approximate surface area is 143 Å². The summed E-state index contributed by atoms with van der Waals surface area (Å²) < 4.78 is 0. The van der Waals surface area contributed by atoms with E-state index in [9.17, 15) is 4.79 Å². The number of halogens is 1. The van der Waals surface area contributed by atoms with Gasteiger partial charge in [0.25, 0.3) is 0 Å². The molecule has 3 N–H and O–H groups in total. The molecular formula is C17H14ClN5O. The maximum atomic E-state index is 12.1. The Balaban J connectivity index is 1.78. The minimum Gasteiger partial charge on any atom is -0.383 e. The number of carbonyl (C=O) groups excluding carboxylic acids is 1. The standard InChI is InChI=1S/C17H14ClN5O/c18-14-7-10-6-13(21-8-11(10)16(19)23-14)15-12(2-1-5-20-15)22-17(24)9-3-4-9/h1-2,5-9H,3-4H2,(H2,19,23)(H,22,24). The van der Waals surface area contributed by atoms with E-state index in [0.717, 1.165) is 23.6 Å². The molecule has 3 heterocycles. The second-order valence-electron chi connectivity index (χ2n) is 5.78. The van der Waals surface area contributed by atoms with Gasteiger partial charge in [-0.15, -0.1) is 0 Å². The van der Waals surface area contributed by atoms with Crippen molar-refractivity contribution >= 4 is 39.8 Å². The van der Waals surface area contributed by atoms with Crippen LogP contribution in [0.5, 0.6) is 0 Å². The number of carbonyl (C=O) groups is 1. The van der Waals surface area contributed by atoms with E-state index in [1.54, 1.807) is 24.5 Å². The summed E-state index contributed by atoms with van der Waals surface area (Å²) in [5.41, 5.74) is 7.77. The van der Waals surface area contributed by atoms with Crippen LogP contribution in [0.1, 0.15) is 12.8 Å². The maximum Gasteiger partial charge on any atom is 0.227 e. The van der Waals surface area contributed by atoms with Crippen molar-refractivity contribution in [2.45, 2.75) is 12.8 Å². The smallest absolute Gasteiger partial charge is 0.227 e. The van der Waals surface area contributed by atoms with Gasteiger partial charge in [-0.25, -0.2) is 4.98 Å². The number of anilines is 2. The Bertz CT molecular complexity index is 955. The number of nitrogens with one attached hydrogen (secondary N) is 1. The van der Waals surface area contributed by atoms with E-state index in [4.69, 9.17) is 17.3 Å². The molecule has 0 saturated heterocycles. The third kappa shape index (κ3) is 2.76. The van der Waals surface area contributed by atoms with Crippen LogP contribution in [0.3, 0.4) is 0 Å². The van der Waals surface area contributed by atoms with Crippen molar-refractivity contribution in [3.63, 3.8) is 0 Å². The number of fused-ring (bicyclic) bond motifs is 1. The molecule has 1 amide bonds. The number of rotatable bonds is 3. The number of aromatic nitrogens is 3. The largest absolute Gasteiger partial charge is 0.383 e. The van der Waals surface area contributed by atoms with E-state index < -0.39 is 0 Å². The minimum atomic E-state index is 0.0292. The van der Waals surface area contributed by atoms with Gasteiger partial charge in [0.15, 0.2) is 0 Å². The van der Waals surface area contributed by atoms with Gasteiger partial charge >= 0.3 is 0 Å². The van der Waals surface area contributed by atoms with Gasteiger partial charge in [-0.2, -0.15) is 0 Å². The summed E-state index contributed by atoms with van der Waals surface area (Å²) in [6, 6.07) is 7.17. The Kier molecular flexibility index (Phi) is 3.54. The predicted octanol–water partition coefficient (Wildman–Crippen LogP) is 3.28. The molecule has 24 heavy (non-hydrogen) atoms. The van der Waals surface area contributed by atoms with Gasteiger partial charge in [0.05, 0.1) is 11.4 Å². The summed E-state index contributed by atoms with van der Waals surface area (Å²) >= 11 is 5.98. The van der Waals surface area contributed by atoms with Crippen molar-refractivity contribution in [2.75, 3.05) is 11.1 Å². The van der Waals surface area contributed by atoms with E-state index in [1.807, 2.05) is 12.1 Å². The molecule has 7 heteroatoms. The van der Waals surface area contributed by atoms with Gasteiger partial charge in [0.1, 0.15) is 16.7 Å². The molecule has 1 aliphatic rings. The maximum absolute atomic E-state index is 12.1. The molecule has 3 aromatic rings. The van der Waals surface area contributed by atoms with Crippen LogP contribution in [0.4, 0.5) is 11.5 Å². The molecule has 4 rings (SSSR count). The van der Waals surface area contributed by atoms with Gasteiger partial charge < -0.3 is 11.1 Å². The second-order valence-corrected chi connectivity index (χ2v) is 6.17. The molecule has 120 valence electrons. The van der Waals surface area contributed by atoms with Crippen LogP contribution >= 0.6 is 11.6 Å². The number of pyridine rings is 3. The van der Waals surface area contributed by atoms with Crippen LogP contribution in [0, 0.1) is 5.92 Å². The number of nitrogens with two attached hydrogens (primary N) is 1. The summed E-state index contributed by atoms with van der Waals surface area (Å²) in [5, 5.41) is 4.80. The molecule has 0 radical (unpaired) electrons. The zero-order chi connectivity index (χ0) is 16.7. The highest BCUT2D eigenvalue weighted by Gasteiger charge is 2.30. The van der Waals surface area contributed by atoms with Crippen LogP contribution < -0.4 is 11.1 Å². The number of nitrogens with zero attached hydrogens (tertiary/aromatic N) is 3. The fraction of sp³-hybridized carbons (Fsp3) is 0.176. The summed E-state index contributed by atoms with van der Waals surface area (Å²) in [6.45, 7) is 0. The van der Waals surface area contributed by atoms with Gasteiger partial charge in [-0.05, 0) is 42.5 Å². The molecule has 3 aromatic heterocycles. The Morgan fingerprint density at radius 2 is 2.12 bits per heavy atom. The van der Waals surface area contributed by atoms with Crippen molar-refractivity contribution in [3.05, 3.63) is 41.8 Å². The lowest BCUT2D eigenvalue weighted by molar-refractivity contribution is -0.117. The lowest BCUT2D eigenvalue weighted by Gasteiger charge is -2.10. The van der Waals surface area contributed by atoms with Crippen molar-refractivity contribution in [3.8, 4) is 11.4 Å². The summed E-state index contributed by atoms with van der Waals surface area (Å²) in [6.07, 6.45) is 5.20. The molecule has 0 aliphatic heterocycles. The Morgan fingerprint density at radius 3 is 2.92 bits per heavy atom. The SMILES string of the molecule is Nc1nc(Cl)cc2cc(-c3ncccc3NC(=O)C3CC3)ncc12. The highest BCUT2D eigenvalue weighted by atomic mass is 35.5. The minimum absolute atomic E-state index is 0.0292. The Hall–Kier alpha value is -2.73. The zero-order valence-electron chi connectivity index (χ0n) is 12.7. The fourth-order valence-corrected chi connectivity index (χ4v) is 2.77. The van der Waals surface area contributed by atoms with Crippen molar-refractivity contribution in [1.82, 2.24) is 15.0 Å². The topological polar surface area (TPSA) is 93.8 Å². The Morgan fingerprint density at radius 1 is 1.29 bits per heavy atom. The molecule has 0 atom stereocenters. The summed E-state index contributed by atoms with van der Waals surface area (Å²) in [7, 11) is 0. The average molecular weight is 340 g/mol. The van der Waals surface area contributed by atoms with Crippen LogP contribution in [0.2, 0.25) is 5.15 Å². The van der Waals surface area contributed by atoms with Crippen molar-refractivity contribution in [2.24, 2.45) is 5.92 Å². The van der Waals surface area contributed by atoms with E-state index in [-0.39, 0.29) is 11.8 Å². The highest BCUT2D eigenvalue weighted by molar-refractivity contribution is 6.30. The number of nitrogen functional groups attached to an aromatic ring is 1. The van der Waals surface area contributed by atoms with Gasteiger partial charge in [-0.1, -0.05) is 11.6 Å². The quantitative estimate of drug-likeness (QED) is 0.714. The fourth-order valence-electron chi connectivity index (χ4n) is 2.56. The molecule has 0 aromatic carbocycles. The van der Waals surface area contributed by atoms with E-state index >= 15 is 0 Å². The molecular weight excluding hydrogens is 326 g/mol. The molecule has 6 nitrogen and oxygen atoms in total. The predicted molar refractivity (Wildman–Crippen MR) is 93.5 cm³/mol. The number of amides is 1. The monoisotopic (exact) mass is 339 g/mol. The van der Waals surface area contributed by atoms with Crippen molar-refractivity contribution in [1.29, 1.82) is 0 Å². The molecule has 1 aliphatic carbocycles. The first-order valence-corrected chi connectivity index (χ1v) is 7.97. The molecule has 1 saturated carbocycles. The second kappa shape index (κ2) is 5.72. The first-order valence-electron chi connectivity index (χ1n) is 7.60. The lowest BCUT2D eigenvalue weighted by atomic mass is 10.1. The van der Waals surface area contributed by atoms with E-state index in [0.29, 0.717) is 28.0 Å². The number of hydrogen-bond acceptors (Lipinski definition) is 5. The zero-order valence-corrected chi connectivity index (χ0v) is 13.4. The summed E-state index contributed by atoms with van der Waals surface area (Å²) in [4.78, 5) is 24.9. The average Bonchev–Trinajstić information content (AvgIpc) is 3.39. The third-order valence-electron chi connectivity index (χ3n) is 3.97. The first-order chi connectivity index (χ1) is 11.6. The van der Waals surface area contributed by atoms with Crippen LogP contribution in [0.25, 0.3) is 22.2 Å². The molecule has 0 unspecified atom stereocenters.